The van der Waals surface area contributed by atoms with Gasteiger partial charge in [0.05, 0.1) is 0 Å². The summed E-state index contributed by atoms with van der Waals surface area (Å²) in [6.07, 6.45) is 5.54. The molecule has 0 radical (unpaired) electrons. The van der Waals surface area contributed by atoms with Crippen molar-refractivity contribution in [3.05, 3.63) is 0 Å². The quantitative estimate of drug-likeness (QED) is 0.583. The average Bonchev–Trinajstić information content (AvgIpc) is 2.69. The van der Waals surface area contributed by atoms with Crippen LogP contribution in [-0.2, 0) is 4.79 Å². The van der Waals surface area contributed by atoms with Gasteiger partial charge in [-0.05, 0) is 12.8 Å². The second kappa shape index (κ2) is 5.98. The van der Waals surface area contributed by atoms with Gasteiger partial charge in [0.25, 0.3) is 0 Å². The van der Waals surface area contributed by atoms with Gasteiger partial charge in [-0.3, -0.25) is 4.79 Å². The Balaban J connectivity index is 2.26. The molecule has 0 aromatic rings. The molecule has 1 aliphatic rings. The Kier molecular flexibility index (Phi) is 4.90. The van der Waals surface area contributed by atoms with Crippen LogP contribution in [-0.4, -0.2) is 31.6 Å². The molecule has 1 saturated carbocycles. The van der Waals surface area contributed by atoms with Crippen molar-refractivity contribution in [2.75, 3.05) is 13.6 Å². The van der Waals surface area contributed by atoms with E-state index < -0.39 is 0 Å². The normalized spacial score (nSPS) is 19.6. The van der Waals surface area contributed by atoms with E-state index in [9.17, 15) is 4.79 Å². The van der Waals surface area contributed by atoms with Gasteiger partial charge in [0.2, 0.25) is 5.91 Å². The zero-order valence-corrected chi connectivity index (χ0v) is 8.88. The second-order valence-electron chi connectivity index (χ2n) is 3.96. The summed E-state index contributed by atoms with van der Waals surface area (Å²) in [7, 11) is 1.66. The maximum atomic E-state index is 11.1. The number of hydrogen-bond donors (Lipinski definition) is 3. The Morgan fingerprint density at radius 2 is 2.14 bits per heavy atom. The molecule has 0 aromatic heterocycles. The Bertz CT molecular complexity index is 178. The number of hydrogen-bond acceptors (Lipinski definition) is 3. The van der Waals surface area contributed by atoms with E-state index in [1.807, 2.05) is 0 Å². The van der Waals surface area contributed by atoms with E-state index in [1.54, 1.807) is 7.05 Å². The van der Waals surface area contributed by atoms with Gasteiger partial charge in [0, 0.05) is 32.1 Å². The van der Waals surface area contributed by atoms with Crippen molar-refractivity contribution in [2.24, 2.45) is 5.73 Å². The van der Waals surface area contributed by atoms with Gasteiger partial charge in [-0.1, -0.05) is 12.8 Å². The monoisotopic (exact) mass is 199 g/mol. The fraction of sp³-hybridized carbons (Fsp3) is 0.900. The van der Waals surface area contributed by atoms with Crippen LogP contribution in [0.25, 0.3) is 0 Å². The lowest BCUT2D eigenvalue weighted by Gasteiger charge is -2.20. The first kappa shape index (κ1) is 11.5. The van der Waals surface area contributed by atoms with Gasteiger partial charge in [-0.2, -0.15) is 0 Å². The molecule has 4 N–H and O–H groups in total. The van der Waals surface area contributed by atoms with Crippen molar-refractivity contribution >= 4 is 5.91 Å². The molecule has 1 rings (SSSR count). The van der Waals surface area contributed by atoms with Crippen LogP contribution in [0.15, 0.2) is 0 Å². The third-order valence-corrected chi connectivity index (χ3v) is 2.82. The first-order valence-electron chi connectivity index (χ1n) is 5.43. The van der Waals surface area contributed by atoms with Crippen molar-refractivity contribution in [3.8, 4) is 0 Å². The van der Waals surface area contributed by atoms with Crippen molar-refractivity contribution in [2.45, 2.75) is 44.2 Å². The zero-order valence-electron chi connectivity index (χ0n) is 8.88. The molecule has 0 saturated heterocycles. The fourth-order valence-corrected chi connectivity index (χ4v) is 1.96. The minimum absolute atomic E-state index is 0.0611. The molecule has 0 bridgehead atoms. The van der Waals surface area contributed by atoms with Crippen molar-refractivity contribution < 1.29 is 4.79 Å². The molecule has 0 aliphatic heterocycles. The van der Waals surface area contributed by atoms with Crippen LogP contribution in [0.4, 0.5) is 0 Å². The summed E-state index contributed by atoms with van der Waals surface area (Å²) in [6, 6.07) is 0.714. The first-order chi connectivity index (χ1) is 6.76. The largest absolute Gasteiger partial charge is 0.359 e. The molecule has 82 valence electrons. The van der Waals surface area contributed by atoms with Crippen molar-refractivity contribution in [3.63, 3.8) is 0 Å². The predicted molar refractivity (Wildman–Crippen MR) is 56.9 cm³/mol. The summed E-state index contributed by atoms with van der Waals surface area (Å²) >= 11 is 0. The van der Waals surface area contributed by atoms with E-state index in [1.165, 1.54) is 25.7 Å². The van der Waals surface area contributed by atoms with Crippen LogP contribution < -0.4 is 16.4 Å². The Hall–Kier alpha value is -0.610. The van der Waals surface area contributed by atoms with Crippen molar-refractivity contribution in [1.29, 1.82) is 0 Å². The standard InChI is InChI=1S/C10H21N3O/c1-12-10(14)6-9(7-11)13-8-4-2-3-5-8/h8-9,13H,2-7,11H2,1H3,(H,12,14). The molecule has 14 heavy (non-hydrogen) atoms. The molecule has 4 heteroatoms. The number of nitrogens with two attached hydrogens (primary N) is 1. The number of amides is 1. The first-order valence-corrected chi connectivity index (χ1v) is 5.43. The van der Waals surface area contributed by atoms with Crippen LogP contribution >= 0.6 is 0 Å². The molecule has 1 atom stereocenters. The molecule has 4 nitrogen and oxygen atoms in total. The van der Waals surface area contributed by atoms with E-state index in [0.717, 1.165) is 0 Å². The highest BCUT2D eigenvalue weighted by molar-refractivity contribution is 5.76. The van der Waals surface area contributed by atoms with Gasteiger partial charge in [-0.25, -0.2) is 0 Å². The lowest BCUT2D eigenvalue weighted by Crippen LogP contribution is -2.44. The summed E-state index contributed by atoms with van der Waals surface area (Å²) < 4.78 is 0. The molecular formula is C10H21N3O. The molecule has 0 heterocycles. The van der Waals surface area contributed by atoms with Crippen LogP contribution in [0.3, 0.4) is 0 Å². The molecule has 1 fully saturated rings. The molecule has 1 aliphatic carbocycles. The van der Waals surface area contributed by atoms with Gasteiger partial charge in [0.1, 0.15) is 0 Å². The third-order valence-electron chi connectivity index (χ3n) is 2.82. The van der Waals surface area contributed by atoms with Gasteiger partial charge >= 0.3 is 0 Å². The van der Waals surface area contributed by atoms with Gasteiger partial charge in [0.15, 0.2) is 0 Å². The van der Waals surface area contributed by atoms with E-state index in [-0.39, 0.29) is 11.9 Å². The summed E-state index contributed by atoms with van der Waals surface area (Å²) in [5.41, 5.74) is 5.61. The van der Waals surface area contributed by atoms with E-state index in [4.69, 9.17) is 5.73 Å². The predicted octanol–water partition coefficient (Wildman–Crippen LogP) is -0.0180. The third kappa shape index (κ3) is 3.64. The average molecular weight is 199 g/mol. The maximum absolute atomic E-state index is 11.1. The molecule has 1 unspecified atom stereocenters. The van der Waals surface area contributed by atoms with E-state index in [0.29, 0.717) is 19.0 Å². The Labute approximate surface area is 85.6 Å². The fourth-order valence-electron chi connectivity index (χ4n) is 1.96. The van der Waals surface area contributed by atoms with Crippen LogP contribution in [0, 0.1) is 0 Å². The number of rotatable bonds is 5. The summed E-state index contributed by atoms with van der Waals surface area (Å²) in [5.74, 6) is 0.0611. The molecule has 0 aromatic carbocycles. The topological polar surface area (TPSA) is 67.2 Å². The van der Waals surface area contributed by atoms with Crippen LogP contribution in [0.5, 0.6) is 0 Å². The van der Waals surface area contributed by atoms with Gasteiger partial charge in [-0.15, -0.1) is 0 Å². The number of carbonyl (C=O) groups excluding carboxylic acids is 1. The van der Waals surface area contributed by atoms with E-state index >= 15 is 0 Å². The summed E-state index contributed by atoms with van der Waals surface area (Å²) in [5, 5.41) is 6.07. The summed E-state index contributed by atoms with van der Waals surface area (Å²) in [4.78, 5) is 11.1. The smallest absolute Gasteiger partial charge is 0.221 e. The number of carbonyl (C=O) groups is 1. The highest BCUT2D eigenvalue weighted by atomic mass is 16.1. The summed E-state index contributed by atoms with van der Waals surface area (Å²) in [6.45, 7) is 0.532. The minimum atomic E-state index is 0.0611. The number of nitrogens with one attached hydrogen (secondary N) is 2. The lowest BCUT2D eigenvalue weighted by molar-refractivity contribution is -0.121. The molecule has 1 amide bonds. The SMILES string of the molecule is CNC(=O)CC(CN)NC1CCCC1. The highest BCUT2D eigenvalue weighted by Gasteiger charge is 2.19. The van der Waals surface area contributed by atoms with Gasteiger partial charge < -0.3 is 16.4 Å². The zero-order chi connectivity index (χ0) is 10.4. The van der Waals surface area contributed by atoms with Crippen LogP contribution in [0.2, 0.25) is 0 Å². The lowest BCUT2D eigenvalue weighted by atomic mass is 10.1. The minimum Gasteiger partial charge on any atom is -0.359 e. The van der Waals surface area contributed by atoms with E-state index in [2.05, 4.69) is 10.6 Å². The van der Waals surface area contributed by atoms with Crippen LogP contribution in [0.1, 0.15) is 32.1 Å². The Morgan fingerprint density at radius 1 is 1.50 bits per heavy atom. The second-order valence-corrected chi connectivity index (χ2v) is 3.96. The Morgan fingerprint density at radius 3 is 2.64 bits per heavy atom. The van der Waals surface area contributed by atoms with Crippen molar-refractivity contribution in [1.82, 2.24) is 10.6 Å². The maximum Gasteiger partial charge on any atom is 0.221 e. The molecule has 0 spiro atoms. The highest BCUT2D eigenvalue weighted by Crippen LogP contribution is 2.18. The molecular weight excluding hydrogens is 178 g/mol.